The number of hydrogen-bond acceptors (Lipinski definition) is 3. The van der Waals surface area contributed by atoms with Crippen molar-refractivity contribution >= 4 is 21.9 Å². The SMILES string of the molecule is COc1ccc(C2(C(=O)O)CCCCC2)c(OC)c1Br. The van der Waals surface area contributed by atoms with Gasteiger partial charge < -0.3 is 14.6 Å². The van der Waals surface area contributed by atoms with Gasteiger partial charge in [0.1, 0.15) is 16.0 Å². The molecule has 0 aromatic heterocycles. The molecule has 4 nitrogen and oxygen atoms in total. The lowest BCUT2D eigenvalue weighted by atomic mass is 9.69. The molecule has 0 saturated heterocycles. The number of carboxylic acid groups (broad SMARTS) is 1. The van der Waals surface area contributed by atoms with Crippen molar-refractivity contribution in [3.63, 3.8) is 0 Å². The van der Waals surface area contributed by atoms with Crippen molar-refractivity contribution < 1.29 is 19.4 Å². The third-order valence-corrected chi connectivity index (χ3v) is 4.87. The smallest absolute Gasteiger partial charge is 0.314 e. The molecule has 0 unspecified atom stereocenters. The number of hydrogen-bond donors (Lipinski definition) is 1. The quantitative estimate of drug-likeness (QED) is 0.905. The largest absolute Gasteiger partial charge is 0.495 e. The van der Waals surface area contributed by atoms with Gasteiger partial charge in [-0.3, -0.25) is 4.79 Å². The fourth-order valence-electron chi connectivity index (χ4n) is 3.03. The maximum atomic E-state index is 11.9. The van der Waals surface area contributed by atoms with Crippen LogP contribution in [0.1, 0.15) is 37.7 Å². The molecule has 0 bridgehead atoms. The molecule has 0 heterocycles. The van der Waals surface area contributed by atoms with E-state index in [9.17, 15) is 9.90 Å². The number of rotatable bonds is 4. The lowest BCUT2D eigenvalue weighted by Gasteiger charge is -2.35. The summed E-state index contributed by atoms with van der Waals surface area (Å²) in [5.74, 6) is 0.433. The molecule has 1 saturated carbocycles. The van der Waals surface area contributed by atoms with E-state index < -0.39 is 11.4 Å². The molecule has 2 rings (SSSR count). The molecule has 1 aliphatic rings. The number of ether oxygens (including phenoxy) is 2. The van der Waals surface area contributed by atoms with Crippen LogP contribution in [0.3, 0.4) is 0 Å². The van der Waals surface area contributed by atoms with E-state index in [1.165, 1.54) is 0 Å². The van der Waals surface area contributed by atoms with Gasteiger partial charge in [-0.25, -0.2) is 0 Å². The predicted molar refractivity (Wildman–Crippen MR) is 79.6 cm³/mol. The van der Waals surface area contributed by atoms with Crippen molar-refractivity contribution in [3.05, 3.63) is 22.2 Å². The topological polar surface area (TPSA) is 55.8 Å². The Balaban J connectivity index is 2.59. The number of methoxy groups -OCH3 is 2. The van der Waals surface area contributed by atoms with Crippen LogP contribution in [0.2, 0.25) is 0 Å². The first-order valence-electron chi connectivity index (χ1n) is 6.71. The van der Waals surface area contributed by atoms with E-state index in [4.69, 9.17) is 9.47 Å². The highest BCUT2D eigenvalue weighted by Gasteiger charge is 2.44. The van der Waals surface area contributed by atoms with Gasteiger partial charge in [-0.15, -0.1) is 0 Å². The van der Waals surface area contributed by atoms with Gasteiger partial charge in [0.25, 0.3) is 0 Å². The molecule has 1 fully saturated rings. The Hall–Kier alpha value is -1.23. The van der Waals surface area contributed by atoms with Crippen molar-refractivity contribution in [2.75, 3.05) is 14.2 Å². The van der Waals surface area contributed by atoms with Gasteiger partial charge in [-0.1, -0.05) is 25.3 Å². The van der Waals surface area contributed by atoms with Crippen LogP contribution in [0.15, 0.2) is 16.6 Å². The molecular weight excluding hydrogens is 324 g/mol. The van der Waals surface area contributed by atoms with Crippen molar-refractivity contribution in [2.24, 2.45) is 0 Å². The summed E-state index contributed by atoms with van der Waals surface area (Å²) >= 11 is 3.45. The predicted octanol–water partition coefficient (Wildman–Crippen LogP) is 3.75. The number of carboxylic acids is 1. The third kappa shape index (κ3) is 2.39. The van der Waals surface area contributed by atoms with Gasteiger partial charge >= 0.3 is 5.97 Å². The fourth-order valence-corrected chi connectivity index (χ4v) is 3.70. The molecule has 110 valence electrons. The molecule has 0 aliphatic heterocycles. The van der Waals surface area contributed by atoms with E-state index in [1.54, 1.807) is 20.3 Å². The van der Waals surface area contributed by atoms with Gasteiger partial charge in [0.15, 0.2) is 0 Å². The second kappa shape index (κ2) is 6.04. The van der Waals surface area contributed by atoms with E-state index >= 15 is 0 Å². The van der Waals surface area contributed by atoms with Gasteiger partial charge in [-0.05, 0) is 34.8 Å². The van der Waals surface area contributed by atoms with Crippen molar-refractivity contribution in [2.45, 2.75) is 37.5 Å². The number of benzene rings is 1. The Morgan fingerprint density at radius 2 is 1.85 bits per heavy atom. The summed E-state index contributed by atoms with van der Waals surface area (Å²) in [6, 6.07) is 3.61. The second-order valence-corrected chi connectivity index (χ2v) is 5.90. The zero-order chi connectivity index (χ0) is 14.8. The first kappa shape index (κ1) is 15.2. The Kier molecular flexibility index (Phi) is 4.58. The highest BCUT2D eigenvalue weighted by molar-refractivity contribution is 9.10. The molecule has 0 radical (unpaired) electrons. The second-order valence-electron chi connectivity index (χ2n) is 5.11. The number of halogens is 1. The van der Waals surface area contributed by atoms with Crippen molar-refractivity contribution in [3.8, 4) is 11.5 Å². The minimum Gasteiger partial charge on any atom is -0.495 e. The summed E-state index contributed by atoms with van der Waals surface area (Å²) in [4.78, 5) is 11.9. The van der Waals surface area contributed by atoms with Crippen LogP contribution in [0.5, 0.6) is 11.5 Å². The first-order valence-corrected chi connectivity index (χ1v) is 7.50. The van der Waals surface area contributed by atoms with Gasteiger partial charge in [-0.2, -0.15) is 0 Å². The van der Waals surface area contributed by atoms with E-state index in [0.29, 0.717) is 28.8 Å². The van der Waals surface area contributed by atoms with Crippen molar-refractivity contribution in [1.82, 2.24) is 0 Å². The van der Waals surface area contributed by atoms with Crippen LogP contribution < -0.4 is 9.47 Å². The zero-order valence-corrected chi connectivity index (χ0v) is 13.3. The van der Waals surface area contributed by atoms with E-state index in [2.05, 4.69) is 15.9 Å². The van der Waals surface area contributed by atoms with Crippen molar-refractivity contribution in [1.29, 1.82) is 0 Å². The summed E-state index contributed by atoms with van der Waals surface area (Å²) in [5, 5.41) is 9.78. The minimum absolute atomic E-state index is 0.564. The lowest BCUT2D eigenvalue weighted by molar-refractivity contribution is -0.145. The van der Waals surface area contributed by atoms with Crippen LogP contribution in [0.4, 0.5) is 0 Å². The third-order valence-electron chi connectivity index (χ3n) is 4.12. The summed E-state index contributed by atoms with van der Waals surface area (Å²) in [5.41, 5.74) is -0.113. The van der Waals surface area contributed by atoms with Gasteiger partial charge in [0.05, 0.1) is 19.6 Å². The van der Waals surface area contributed by atoms with Gasteiger partial charge in [0.2, 0.25) is 0 Å². The summed E-state index contributed by atoms with van der Waals surface area (Å²) in [6.07, 6.45) is 4.25. The molecule has 1 aromatic carbocycles. The van der Waals surface area contributed by atoms with Crippen LogP contribution >= 0.6 is 15.9 Å². The molecule has 1 N–H and O–H groups in total. The summed E-state index contributed by atoms with van der Waals surface area (Å²) in [6.45, 7) is 0. The van der Waals surface area contributed by atoms with Crippen LogP contribution in [-0.4, -0.2) is 25.3 Å². The maximum Gasteiger partial charge on any atom is 0.314 e. The van der Waals surface area contributed by atoms with E-state index in [0.717, 1.165) is 24.8 Å². The van der Waals surface area contributed by atoms with Crippen LogP contribution in [0.25, 0.3) is 0 Å². The number of aliphatic carboxylic acids is 1. The van der Waals surface area contributed by atoms with Gasteiger partial charge in [0, 0.05) is 5.56 Å². The van der Waals surface area contributed by atoms with E-state index in [1.807, 2.05) is 6.07 Å². The first-order chi connectivity index (χ1) is 9.56. The normalized spacial score (nSPS) is 17.6. The summed E-state index contributed by atoms with van der Waals surface area (Å²) < 4.78 is 11.4. The Morgan fingerprint density at radius 1 is 1.20 bits per heavy atom. The fraction of sp³-hybridized carbons (Fsp3) is 0.533. The molecule has 1 aliphatic carbocycles. The average Bonchev–Trinajstić information content (AvgIpc) is 2.47. The molecular formula is C15H19BrO4. The maximum absolute atomic E-state index is 11.9. The average molecular weight is 343 g/mol. The van der Waals surface area contributed by atoms with Crippen LogP contribution in [-0.2, 0) is 10.2 Å². The molecule has 20 heavy (non-hydrogen) atoms. The highest BCUT2D eigenvalue weighted by Crippen LogP contribution is 2.48. The highest BCUT2D eigenvalue weighted by atomic mass is 79.9. The minimum atomic E-state index is -0.849. The molecule has 0 spiro atoms. The Labute approximate surface area is 127 Å². The molecule has 5 heteroatoms. The molecule has 1 aromatic rings. The van der Waals surface area contributed by atoms with E-state index in [-0.39, 0.29) is 0 Å². The zero-order valence-electron chi connectivity index (χ0n) is 11.7. The lowest BCUT2D eigenvalue weighted by Crippen LogP contribution is -2.38. The molecule has 0 amide bonds. The summed E-state index contributed by atoms with van der Waals surface area (Å²) in [7, 11) is 3.13. The van der Waals surface area contributed by atoms with Crippen LogP contribution in [0, 0.1) is 0 Å². The Morgan fingerprint density at radius 3 is 2.35 bits per heavy atom. The standard InChI is InChI=1S/C15H19BrO4/c1-19-11-7-6-10(13(20-2)12(11)16)15(14(17)18)8-4-3-5-9-15/h6-7H,3-5,8-9H2,1-2H3,(H,17,18). The monoisotopic (exact) mass is 342 g/mol. The Bertz CT molecular complexity index is 507. The number of carbonyl (C=O) groups is 1. The molecule has 0 atom stereocenters.